The number of anilines is 1. The highest BCUT2D eigenvalue weighted by Gasteiger charge is 2.19. The van der Waals surface area contributed by atoms with Gasteiger partial charge in [0.05, 0.1) is 24.9 Å². The molecule has 1 aromatic rings. The minimum atomic E-state index is -0.190. The van der Waals surface area contributed by atoms with Crippen LogP contribution in [0.2, 0.25) is 0 Å². The Morgan fingerprint density at radius 1 is 1.45 bits per heavy atom. The van der Waals surface area contributed by atoms with Gasteiger partial charge in [-0.1, -0.05) is 6.92 Å². The maximum Gasteiger partial charge on any atom is 0.274 e. The zero-order chi connectivity index (χ0) is 15.0. The van der Waals surface area contributed by atoms with Crippen LogP contribution in [0.3, 0.4) is 0 Å². The Morgan fingerprint density at radius 3 is 2.70 bits per heavy atom. The average molecular weight is 275 g/mol. The SMILES string of the molecule is CCCNc1cnc(C(=O)N(CCC#N)C(C)C)cn1. The van der Waals surface area contributed by atoms with Crippen LogP contribution in [0, 0.1) is 11.3 Å². The van der Waals surface area contributed by atoms with Gasteiger partial charge in [-0.2, -0.15) is 5.26 Å². The lowest BCUT2D eigenvalue weighted by Gasteiger charge is -2.25. The second-order valence-corrected chi connectivity index (χ2v) is 4.71. The van der Waals surface area contributed by atoms with E-state index < -0.39 is 0 Å². The van der Waals surface area contributed by atoms with Crippen LogP contribution >= 0.6 is 0 Å². The van der Waals surface area contributed by atoms with E-state index in [-0.39, 0.29) is 11.9 Å². The van der Waals surface area contributed by atoms with Crippen molar-refractivity contribution in [2.24, 2.45) is 0 Å². The van der Waals surface area contributed by atoms with Crippen LogP contribution < -0.4 is 5.32 Å². The summed E-state index contributed by atoms with van der Waals surface area (Å²) < 4.78 is 0. The van der Waals surface area contributed by atoms with E-state index in [1.165, 1.54) is 6.20 Å². The van der Waals surface area contributed by atoms with E-state index in [4.69, 9.17) is 5.26 Å². The predicted molar refractivity (Wildman–Crippen MR) is 77.2 cm³/mol. The quantitative estimate of drug-likeness (QED) is 0.823. The number of carbonyl (C=O) groups is 1. The molecule has 0 aliphatic heterocycles. The summed E-state index contributed by atoms with van der Waals surface area (Å²) in [6, 6.07) is 2.08. The van der Waals surface area contributed by atoms with Crippen molar-refractivity contribution < 1.29 is 4.79 Å². The zero-order valence-corrected chi connectivity index (χ0v) is 12.3. The lowest BCUT2D eigenvalue weighted by atomic mass is 10.2. The maximum atomic E-state index is 12.3. The highest BCUT2D eigenvalue weighted by atomic mass is 16.2. The van der Waals surface area contributed by atoms with Crippen molar-refractivity contribution in [2.75, 3.05) is 18.4 Å². The van der Waals surface area contributed by atoms with Crippen molar-refractivity contribution in [2.45, 2.75) is 39.7 Å². The molecule has 0 aliphatic rings. The van der Waals surface area contributed by atoms with Gasteiger partial charge in [-0.3, -0.25) is 4.79 Å². The van der Waals surface area contributed by atoms with E-state index >= 15 is 0 Å². The van der Waals surface area contributed by atoms with Crippen LogP contribution in [0.4, 0.5) is 5.82 Å². The first-order valence-electron chi connectivity index (χ1n) is 6.84. The molecule has 1 aromatic heterocycles. The fraction of sp³-hybridized carbons (Fsp3) is 0.571. The molecular formula is C14H21N5O. The fourth-order valence-electron chi connectivity index (χ4n) is 1.69. The smallest absolute Gasteiger partial charge is 0.274 e. The average Bonchev–Trinajstić information content (AvgIpc) is 2.45. The molecule has 0 saturated heterocycles. The Morgan fingerprint density at radius 2 is 2.20 bits per heavy atom. The molecule has 0 atom stereocenters. The molecule has 108 valence electrons. The minimum absolute atomic E-state index is 0.0237. The van der Waals surface area contributed by atoms with E-state index in [1.807, 2.05) is 13.8 Å². The predicted octanol–water partition coefficient (Wildman–Crippen LogP) is 2.06. The van der Waals surface area contributed by atoms with Crippen molar-refractivity contribution in [3.63, 3.8) is 0 Å². The number of nitrogens with zero attached hydrogens (tertiary/aromatic N) is 4. The van der Waals surface area contributed by atoms with Crippen LogP contribution in [-0.4, -0.2) is 39.9 Å². The Kier molecular flexibility index (Phi) is 6.44. The fourth-order valence-corrected chi connectivity index (χ4v) is 1.69. The van der Waals surface area contributed by atoms with Crippen molar-refractivity contribution in [1.29, 1.82) is 5.26 Å². The third-order valence-corrected chi connectivity index (χ3v) is 2.78. The molecule has 1 heterocycles. The third-order valence-electron chi connectivity index (χ3n) is 2.78. The maximum absolute atomic E-state index is 12.3. The van der Waals surface area contributed by atoms with E-state index in [9.17, 15) is 4.79 Å². The minimum Gasteiger partial charge on any atom is -0.369 e. The van der Waals surface area contributed by atoms with E-state index in [2.05, 4.69) is 28.3 Å². The third kappa shape index (κ3) is 4.50. The molecule has 6 nitrogen and oxygen atoms in total. The first-order valence-corrected chi connectivity index (χ1v) is 6.84. The summed E-state index contributed by atoms with van der Waals surface area (Å²) in [6.07, 6.45) is 4.35. The second-order valence-electron chi connectivity index (χ2n) is 4.71. The number of aromatic nitrogens is 2. The summed E-state index contributed by atoms with van der Waals surface area (Å²) in [6.45, 7) is 7.13. The van der Waals surface area contributed by atoms with Gasteiger partial charge >= 0.3 is 0 Å². The van der Waals surface area contributed by atoms with Gasteiger partial charge in [0.1, 0.15) is 11.5 Å². The lowest BCUT2D eigenvalue weighted by Crippen LogP contribution is -2.38. The molecule has 20 heavy (non-hydrogen) atoms. The number of hydrogen-bond acceptors (Lipinski definition) is 5. The second kappa shape index (κ2) is 8.10. The van der Waals surface area contributed by atoms with Crippen LogP contribution in [-0.2, 0) is 0 Å². The molecule has 1 rings (SSSR count). The van der Waals surface area contributed by atoms with E-state index in [0.29, 0.717) is 24.5 Å². The number of nitriles is 1. The molecule has 0 unspecified atom stereocenters. The molecule has 0 spiro atoms. The van der Waals surface area contributed by atoms with Crippen molar-refractivity contribution in [3.8, 4) is 6.07 Å². The number of amides is 1. The Bertz CT molecular complexity index is 463. The van der Waals surface area contributed by atoms with Crippen LogP contribution in [0.25, 0.3) is 0 Å². The molecule has 0 radical (unpaired) electrons. The highest BCUT2D eigenvalue weighted by Crippen LogP contribution is 2.08. The first-order chi connectivity index (χ1) is 9.60. The van der Waals surface area contributed by atoms with Gasteiger partial charge in [-0.15, -0.1) is 0 Å². The number of nitrogens with one attached hydrogen (secondary N) is 1. The molecule has 0 aliphatic carbocycles. The first kappa shape index (κ1) is 15.9. The van der Waals surface area contributed by atoms with Crippen LogP contribution in [0.15, 0.2) is 12.4 Å². The molecule has 0 bridgehead atoms. The number of rotatable bonds is 7. The summed E-state index contributed by atoms with van der Waals surface area (Å²) in [4.78, 5) is 22.3. The molecule has 0 fully saturated rings. The van der Waals surface area contributed by atoms with Gasteiger partial charge in [0, 0.05) is 19.1 Å². The monoisotopic (exact) mass is 275 g/mol. The van der Waals surface area contributed by atoms with Crippen molar-refractivity contribution in [1.82, 2.24) is 14.9 Å². The summed E-state index contributed by atoms with van der Waals surface area (Å²) in [5.41, 5.74) is 0.304. The largest absolute Gasteiger partial charge is 0.369 e. The summed E-state index contributed by atoms with van der Waals surface area (Å²) in [5, 5.41) is 11.7. The Labute approximate surface area is 119 Å². The molecule has 0 aromatic carbocycles. The number of hydrogen-bond donors (Lipinski definition) is 1. The highest BCUT2D eigenvalue weighted by molar-refractivity contribution is 5.92. The van der Waals surface area contributed by atoms with Gasteiger partial charge < -0.3 is 10.2 Å². The van der Waals surface area contributed by atoms with Gasteiger partial charge in [0.2, 0.25) is 0 Å². The standard InChI is InChI=1S/C14H21N5O/c1-4-7-16-13-10-17-12(9-18-13)14(20)19(11(2)3)8-5-6-15/h9-11H,4-5,7-8H2,1-3H3,(H,16,18). The van der Waals surface area contributed by atoms with Gasteiger partial charge in [-0.05, 0) is 20.3 Å². The molecular weight excluding hydrogens is 254 g/mol. The van der Waals surface area contributed by atoms with E-state index in [1.54, 1.807) is 11.1 Å². The molecule has 6 heteroatoms. The van der Waals surface area contributed by atoms with E-state index in [0.717, 1.165) is 13.0 Å². The van der Waals surface area contributed by atoms with Crippen LogP contribution in [0.1, 0.15) is 44.1 Å². The zero-order valence-electron chi connectivity index (χ0n) is 12.3. The van der Waals surface area contributed by atoms with Gasteiger partial charge in [0.15, 0.2) is 0 Å². The van der Waals surface area contributed by atoms with Crippen molar-refractivity contribution >= 4 is 11.7 Å². The molecule has 0 saturated carbocycles. The van der Waals surface area contributed by atoms with Crippen molar-refractivity contribution in [3.05, 3.63) is 18.1 Å². The summed E-state index contributed by atoms with van der Waals surface area (Å²) in [5.74, 6) is 0.473. The molecule has 1 amide bonds. The summed E-state index contributed by atoms with van der Waals surface area (Å²) >= 11 is 0. The lowest BCUT2D eigenvalue weighted by molar-refractivity contribution is 0.0704. The normalized spacial score (nSPS) is 10.2. The molecule has 1 N–H and O–H groups in total. The van der Waals surface area contributed by atoms with Crippen LogP contribution in [0.5, 0.6) is 0 Å². The topological polar surface area (TPSA) is 81.9 Å². The van der Waals surface area contributed by atoms with Gasteiger partial charge in [0.25, 0.3) is 5.91 Å². The Balaban J connectivity index is 2.76. The van der Waals surface area contributed by atoms with Gasteiger partial charge in [-0.25, -0.2) is 9.97 Å². The Hall–Kier alpha value is -2.16. The summed E-state index contributed by atoms with van der Waals surface area (Å²) in [7, 11) is 0. The number of carbonyl (C=O) groups excluding carboxylic acids is 1.